The summed E-state index contributed by atoms with van der Waals surface area (Å²) >= 11 is 0. The topological polar surface area (TPSA) is 83.8 Å². The van der Waals surface area contributed by atoms with Crippen molar-refractivity contribution in [2.24, 2.45) is 11.1 Å². The summed E-state index contributed by atoms with van der Waals surface area (Å²) in [5.74, 6) is -0.151. The van der Waals surface area contributed by atoms with Crippen LogP contribution in [-0.2, 0) is 4.79 Å². The molecule has 4 N–H and O–H groups in total. The molecule has 0 bridgehead atoms. The van der Waals surface area contributed by atoms with Crippen LogP contribution in [0, 0.1) is 19.3 Å². The Morgan fingerprint density at radius 3 is 2.59 bits per heavy atom. The lowest BCUT2D eigenvalue weighted by Crippen LogP contribution is -2.38. The molecule has 5 nitrogen and oxygen atoms in total. The first-order chi connectivity index (χ1) is 12.6. The maximum Gasteiger partial charge on any atom is 0.241 e. The molecule has 1 amide bonds. The Labute approximate surface area is 160 Å². The lowest BCUT2D eigenvalue weighted by atomic mass is 9.88. The lowest BCUT2D eigenvalue weighted by molar-refractivity contribution is -0.118. The van der Waals surface area contributed by atoms with Gasteiger partial charge in [0.25, 0.3) is 0 Å². The van der Waals surface area contributed by atoms with Crippen molar-refractivity contribution in [1.82, 2.24) is 9.97 Å². The fraction of sp³-hybridized carbons (Fsp3) is 0.364. The maximum absolute atomic E-state index is 12.4. The van der Waals surface area contributed by atoms with Crippen molar-refractivity contribution in [3.05, 3.63) is 47.9 Å². The van der Waals surface area contributed by atoms with Crippen molar-refractivity contribution in [3.8, 4) is 11.1 Å². The molecule has 27 heavy (non-hydrogen) atoms. The smallest absolute Gasteiger partial charge is 0.241 e. The fourth-order valence-electron chi connectivity index (χ4n) is 3.44. The van der Waals surface area contributed by atoms with Crippen molar-refractivity contribution >= 4 is 22.5 Å². The number of carbonyl (C=O) groups is 1. The van der Waals surface area contributed by atoms with Crippen LogP contribution in [0.5, 0.6) is 0 Å². The van der Waals surface area contributed by atoms with Crippen LogP contribution in [0.1, 0.15) is 38.4 Å². The van der Waals surface area contributed by atoms with E-state index in [1.807, 2.05) is 44.4 Å². The van der Waals surface area contributed by atoms with Gasteiger partial charge in [0.2, 0.25) is 5.91 Å². The van der Waals surface area contributed by atoms with Crippen molar-refractivity contribution in [1.29, 1.82) is 0 Å². The highest BCUT2D eigenvalue weighted by molar-refractivity contribution is 5.97. The lowest BCUT2D eigenvalue weighted by Gasteiger charge is -2.22. The molecule has 0 saturated heterocycles. The maximum atomic E-state index is 12.4. The normalized spacial score (nSPS) is 13.0. The van der Waals surface area contributed by atoms with Crippen LogP contribution in [-0.4, -0.2) is 21.9 Å². The number of carbonyl (C=O) groups excluding carboxylic acids is 1. The number of H-pyrrole nitrogens is 1. The quantitative estimate of drug-likeness (QED) is 0.635. The average Bonchev–Trinajstić information content (AvgIpc) is 2.93. The molecule has 142 valence electrons. The summed E-state index contributed by atoms with van der Waals surface area (Å²) in [4.78, 5) is 20.1. The first-order valence-electron chi connectivity index (χ1n) is 9.25. The minimum atomic E-state index is -0.522. The van der Waals surface area contributed by atoms with Gasteiger partial charge in [0.1, 0.15) is 0 Å². The van der Waals surface area contributed by atoms with E-state index in [9.17, 15) is 4.79 Å². The third-order valence-corrected chi connectivity index (χ3v) is 4.63. The summed E-state index contributed by atoms with van der Waals surface area (Å²) in [6, 6.07) is 7.54. The van der Waals surface area contributed by atoms with Crippen LogP contribution >= 0.6 is 0 Å². The Kier molecular flexibility index (Phi) is 5.07. The van der Waals surface area contributed by atoms with E-state index < -0.39 is 6.04 Å². The second kappa shape index (κ2) is 7.16. The first-order valence-corrected chi connectivity index (χ1v) is 9.25. The number of aromatic nitrogens is 2. The van der Waals surface area contributed by atoms with E-state index in [2.05, 4.69) is 42.1 Å². The minimum Gasteiger partial charge on any atom is -0.357 e. The molecule has 2 aromatic heterocycles. The summed E-state index contributed by atoms with van der Waals surface area (Å²) in [7, 11) is 0. The van der Waals surface area contributed by atoms with E-state index >= 15 is 0 Å². The molecule has 1 unspecified atom stereocenters. The number of fused-ring (bicyclic) bond motifs is 1. The summed E-state index contributed by atoms with van der Waals surface area (Å²) in [6.45, 7) is 10.3. The van der Waals surface area contributed by atoms with E-state index in [0.717, 1.165) is 39.0 Å². The van der Waals surface area contributed by atoms with Gasteiger partial charge >= 0.3 is 0 Å². The number of nitrogens with zero attached hydrogens (tertiary/aromatic N) is 1. The number of anilines is 1. The Hall–Kier alpha value is -2.66. The van der Waals surface area contributed by atoms with E-state index in [0.29, 0.717) is 6.42 Å². The third kappa shape index (κ3) is 4.37. The van der Waals surface area contributed by atoms with Gasteiger partial charge in [-0.25, -0.2) is 0 Å². The molecule has 5 heteroatoms. The number of benzene rings is 1. The van der Waals surface area contributed by atoms with Crippen LogP contribution in [0.3, 0.4) is 0 Å². The van der Waals surface area contributed by atoms with E-state index in [-0.39, 0.29) is 11.3 Å². The van der Waals surface area contributed by atoms with Crippen molar-refractivity contribution in [2.75, 3.05) is 5.32 Å². The molecule has 3 rings (SSSR count). The van der Waals surface area contributed by atoms with Gasteiger partial charge in [-0.2, -0.15) is 0 Å². The van der Waals surface area contributed by atoms with E-state index in [4.69, 9.17) is 5.73 Å². The van der Waals surface area contributed by atoms with Crippen molar-refractivity contribution in [2.45, 2.75) is 47.1 Å². The summed E-state index contributed by atoms with van der Waals surface area (Å²) in [6.07, 6.45) is 4.36. The Morgan fingerprint density at radius 1 is 1.19 bits per heavy atom. The van der Waals surface area contributed by atoms with Gasteiger partial charge in [0, 0.05) is 28.5 Å². The van der Waals surface area contributed by atoms with Crippen LogP contribution in [0.2, 0.25) is 0 Å². The van der Waals surface area contributed by atoms with E-state index in [1.54, 1.807) is 0 Å². The van der Waals surface area contributed by atoms with Gasteiger partial charge in [-0.15, -0.1) is 0 Å². The Bertz CT molecular complexity index is 982. The summed E-state index contributed by atoms with van der Waals surface area (Å²) in [5, 5.41) is 4.09. The van der Waals surface area contributed by atoms with Gasteiger partial charge in [0.05, 0.1) is 17.8 Å². The van der Waals surface area contributed by atoms with E-state index in [1.165, 1.54) is 0 Å². The molecule has 0 fully saturated rings. The summed E-state index contributed by atoms with van der Waals surface area (Å²) in [5.41, 5.74) is 12.2. The first kappa shape index (κ1) is 19.1. The molecule has 0 aliphatic carbocycles. The second-order valence-corrected chi connectivity index (χ2v) is 8.49. The van der Waals surface area contributed by atoms with Crippen LogP contribution in [0.25, 0.3) is 22.0 Å². The zero-order valence-electron chi connectivity index (χ0n) is 16.7. The third-order valence-electron chi connectivity index (χ3n) is 4.63. The SMILES string of the molecule is Cc1cc2c(-c3ccc(NC(=O)C(N)CC(C)(C)C)cc3C)cncc2[nH]1. The Morgan fingerprint density at radius 2 is 1.93 bits per heavy atom. The molecule has 2 heterocycles. The highest BCUT2D eigenvalue weighted by Crippen LogP contribution is 2.32. The molecule has 0 spiro atoms. The van der Waals surface area contributed by atoms with Crippen LogP contribution in [0.4, 0.5) is 5.69 Å². The summed E-state index contributed by atoms with van der Waals surface area (Å²) < 4.78 is 0. The number of aromatic amines is 1. The molecule has 1 atom stereocenters. The molecule has 0 saturated carbocycles. The van der Waals surface area contributed by atoms with Crippen molar-refractivity contribution < 1.29 is 4.79 Å². The van der Waals surface area contributed by atoms with Crippen LogP contribution < -0.4 is 11.1 Å². The number of amides is 1. The largest absolute Gasteiger partial charge is 0.357 e. The number of hydrogen-bond acceptors (Lipinski definition) is 3. The minimum absolute atomic E-state index is 0.0108. The monoisotopic (exact) mass is 364 g/mol. The van der Waals surface area contributed by atoms with Crippen molar-refractivity contribution in [3.63, 3.8) is 0 Å². The average molecular weight is 364 g/mol. The number of nitrogens with one attached hydrogen (secondary N) is 2. The second-order valence-electron chi connectivity index (χ2n) is 8.49. The van der Waals surface area contributed by atoms with Gasteiger partial charge < -0.3 is 16.0 Å². The molecular formula is C22H28N4O. The number of hydrogen-bond donors (Lipinski definition) is 3. The Balaban J connectivity index is 1.85. The standard InChI is InChI=1S/C22H28N4O/c1-13-8-15(26-21(27)19(23)10-22(3,4)5)6-7-16(13)18-11-24-12-20-17(18)9-14(2)25-20/h6-9,11-12,19,25H,10,23H2,1-5H3,(H,26,27). The molecular weight excluding hydrogens is 336 g/mol. The highest BCUT2D eigenvalue weighted by atomic mass is 16.2. The zero-order valence-corrected chi connectivity index (χ0v) is 16.7. The molecule has 0 aliphatic rings. The number of aryl methyl sites for hydroxylation is 2. The zero-order chi connectivity index (χ0) is 19.8. The predicted octanol–water partition coefficient (Wildman–Crippen LogP) is 4.55. The predicted molar refractivity (Wildman–Crippen MR) is 112 cm³/mol. The fourth-order valence-corrected chi connectivity index (χ4v) is 3.44. The van der Waals surface area contributed by atoms with Gasteiger partial charge in [-0.05, 0) is 55.0 Å². The molecule has 3 aromatic rings. The highest BCUT2D eigenvalue weighted by Gasteiger charge is 2.21. The molecule has 0 radical (unpaired) electrons. The van der Waals surface area contributed by atoms with Gasteiger partial charge in [-0.1, -0.05) is 26.8 Å². The van der Waals surface area contributed by atoms with Gasteiger partial charge in [-0.3, -0.25) is 9.78 Å². The molecule has 0 aliphatic heterocycles. The molecule has 1 aromatic carbocycles. The van der Waals surface area contributed by atoms with Crippen LogP contribution in [0.15, 0.2) is 36.7 Å². The van der Waals surface area contributed by atoms with Gasteiger partial charge in [0.15, 0.2) is 0 Å². The number of nitrogens with two attached hydrogens (primary N) is 1. The number of rotatable bonds is 4. The number of pyridine rings is 1.